The number of amides is 1. The van der Waals surface area contributed by atoms with Gasteiger partial charge in [-0.25, -0.2) is 0 Å². The summed E-state index contributed by atoms with van der Waals surface area (Å²) < 4.78 is 0. The van der Waals surface area contributed by atoms with E-state index in [1.807, 2.05) is 13.8 Å². The van der Waals surface area contributed by atoms with E-state index >= 15 is 0 Å². The van der Waals surface area contributed by atoms with E-state index in [9.17, 15) is 9.59 Å². The monoisotopic (exact) mass is 157 g/mol. The fourth-order valence-electron chi connectivity index (χ4n) is 0.991. The zero-order valence-electron chi connectivity index (χ0n) is 7.26. The van der Waals surface area contributed by atoms with Crippen LogP contribution in [0.3, 0.4) is 0 Å². The lowest BCUT2D eigenvalue weighted by Gasteiger charge is -2.18. The quantitative estimate of drug-likeness (QED) is 0.598. The van der Waals surface area contributed by atoms with Gasteiger partial charge in [-0.2, -0.15) is 0 Å². The maximum atomic E-state index is 10.9. The average molecular weight is 157 g/mol. The molecule has 2 atom stereocenters. The summed E-state index contributed by atoms with van der Waals surface area (Å²) >= 11 is 0. The molecular weight excluding hydrogens is 142 g/mol. The second-order valence-corrected chi connectivity index (χ2v) is 2.76. The van der Waals surface area contributed by atoms with Gasteiger partial charge in [-0.15, -0.1) is 0 Å². The van der Waals surface area contributed by atoms with Crippen molar-refractivity contribution in [3.8, 4) is 0 Å². The molecule has 0 spiro atoms. The first-order valence-electron chi connectivity index (χ1n) is 3.83. The van der Waals surface area contributed by atoms with Gasteiger partial charge in [0.1, 0.15) is 0 Å². The number of nitrogens with one attached hydrogen (secondary N) is 1. The van der Waals surface area contributed by atoms with Crippen molar-refractivity contribution in [2.45, 2.75) is 33.2 Å². The first-order chi connectivity index (χ1) is 5.13. The van der Waals surface area contributed by atoms with E-state index in [0.29, 0.717) is 6.41 Å². The molecule has 0 aromatic heterocycles. The number of carbonyl (C=O) groups is 2. The molecule has 0 saturated carbocycles. The molecule has 0 fully saturated rings. The Morgan fingerprint density at radius 1 is 1.64 bits per heavy atom. The minimum atomic E-state index is -0.308. The molecule has 0 aliphatic carbocycles. The molecule has 3 nitrogen and oxygen atoms in total. The Labute approximate surface area is 67.2 Å². The van der Waals surface area contributed by atoms with E-state index in [4.69, 9.17) is 0 Å². The maximum absolute atomic E-state index is 10.9. The number of carbonyl (C=O) groups excluding carboxylic acids is 2. The van der Waals surface area contributed by atoms with E-state index < -0.39 is 0 Å². The average Bonchev–Trinajstić information content (AvgIpc) is 1.98. The maximum Gasteiger partial charge on any atom is 0.207 e. The largest absolute Gasteiger partial charge is 0.349 e. The predicted molar refractivity (Wildman–Crippen MR) is 43.1 cm³/mol. The van der Waals surface area contributed by atoms with Crippen LogP contribution in [0.1, 0.15) is 27.2 Å². The second kappa shape index (κ2) is 4.88. The zero-order chi connectivity index (χ0) is 8.85. The van der Waals surface area contributed by atoms with Gasteiger partial charge in [0.2, 0.25) is 6.41 Å². The van der Waals surface area contributed by atoms with Gasteiger partial charge in [0, 0.05) is 0 Å². The summed E-state index contributed by atoms with van der Waals surface area (Å²) in [6.07, 6.45) is 1.48. The molecule has 0 heterocycles. The van der Waals surface area contributed by atoms with Crippen molar-refractivity contribution in [3.05, 3.63) is 0 Å². The van der Waals surface area contributed by atoms with Gasteiger partial charge in [0.05, 0.1) is 6.04 Å². The molecule has 0 aliphatic heterocycles. The number of Topliss-reactive ketones (excluding diaryl/α,β-unsaturated/α-hetero) is 1. The van der Waals surface area contributed by atoms with E-state index in [-0.39, 0.29) is 17.7 Å². The summed E-state index contributed by atoms with van der Waals surface area (Å²) in [5.74, 6) is 0.240. The third-order valence-electron chi connectivity index (χ3n) is 1.90. The van der Waals surface area contributed by atoms with Crippen LogP contribution in [0.4, 0.5) is 0 Å². The fourth-order valence-corrected chi connectivity index (χ4v) is 0.991. The summed E-state index contributed by atoms with van der Waals surface area (Å²) in [5, 5.41) is 2.50. The highest BCUT2D eigenvalue weighted by Crippen LogP contribution is 2.07. The molecule has 0 aromatic rings. The van der Waals surface area contributed by atoms with Crippen molar-refractivity contribution in [3.63, 3.8) is 0 Å². The molecule has 1 N–H and O–H groups in total. The molecule has 0 radical (unpaired) electrons. The summed E-state index contributed by atoms with van der Waals surface area (Å²) in [6, 6.07) is -0.308. The Bertz CT molecular complexity index is 145. The molecule has 0 rings (SSSR count). The molecule has 0 saturated heterocycles. The Hall–Kier alpha value is -0.860. The summed E-state index contributed by atoms with van der Waals surface area (Å²) in [6.45, 7) is 5.43. The van der Waals surface area contributed by atoms with Crippen molar-refractivity contribution in [2.75, 3.05) is 0 Å². The van der Waals surface area contributed by atoms with Crippen LogP contribution in [0.5, 0.6) is 0 Å². The Kier molecular flexibility index (Phi) is 4.50. The van der Waals surface area contributed by atoms with E-state index in [2.05, 4.69) is 5.32 Å². The van der Waals surface area contributed by atoms with Gasteiger partial charge in [-0.1, -0.05) is 20.3 Å². The van der Waals surface area contributed by atoms with Crippen molar-refractivity contribution in [1.29, 1.82) is 0 Å². The first-order valence-corrected chi connectivity index (χ1v) is 3.83. The van der Waals surface area contributed by atoms with Crippen LogP contribution >= 0.6 is 0 Å². The topological polar surface area (TPSA) is 46.2 Å². The Morgan fingerprint density at radius 3 is 2.45 bits per heavy atom. The highest BCUT2D eigenvalue weighted by Gasteiger charge is 2.18. The van der Waals surface area contributed by atoms with Crippen molar-refractivity contribution in [2.24, 2.45) is 5.92 Å². The van der Waals surface area contributed by atoms with Crippen LogP contribution in [0, 0.1) is 5.92 Å². The van der Waals surface area contributed by atoms with Crippen LogP contribution in [0.2, 0.25) is 0 Å². The molecule has 11 heavy (non-hydrogen) atoms. The molecular formula is C8H15NO2. The summed E-state index contributed by atoms with van der Waals surface area (Å²) in [7, 11) is 0. The lowest BCUT2D eigenvalue weighted by Crippen LogP contribution is -2.39. The standard InChI is InChI=1S/C8H15NO2/c1-4-6(2)8(7(3)11)9-5-10/h5-6,8H,4H2,1-3H3,(H,9,10)/t6?,8-/m0/s1. The van der Waals surface area contributed by atoms with Gasteiger partial charge < -0.3 is 5.32 Å². The van der Waals surface area contributed by atoms with Gasteiger partial charge in [-0.3, -0.25) is 9.59 Å². The highest BCUT2D eigenvalue weighted by atomic mass is 16.1. The molecule has 3 heteroatoms. The SMILES string of the molecule is CCC(C)[C@H](NC=O)C(C)=O. The minimum absolute atomic E-state index is 0.0199. The molecule has 1 unspecified atom stereocenters. The summed E-state index contributed by atoms with van der Waals surface area (Å²) in [5.41, 5.74) is 0. The van der Waals surface area contributed by atoms with Gasteiger partial charge in [-0.05, 0) is 12.8 Å². The predicted octanol–water partition coefficient (Wildman–Crippen LogP) is 0.736. The van der Waals surface area contributed by atoms with Crippen molar-refractivity contribution < 1.29 is 9.59 Å². The highest BCUT2D eigenvalue weighted by molar-refractivity contribution is 5.83. The first kappa shape index (κ1) is 10.1. The van der Waals surface area contributed by atoms with Crippen LogP contribution < -0.4 is 5.32 Å². The van der Waals surface area contributed by atoms with Crippen molar-refractivity contribution >= 4 is 12.2 Å². The number of ketones is 1. The van der Waals surface area contributed by atoms with Crippen LogP contribution in [-0.2, 0) is 9.59 Å². The van der Waals surface area contributed by atoms with Gasteiger partial charge in [0.25, 0.3) is 0 Å². The Balaban J connectivity index is 4.08. The molecule has 64 valence electrons. The van der Waals surface area contributed by atoms with E-state index in [1.165, 1.54) is 6.92 Å². The minimum Gasteiger partial charge on any atom is -0.349 e. The molecule has 0 bridgehead atoms. The van der Waals surface area contributed by atoms with E-state index in [0.717, 1.165) is 6.42 Å². The third-order valence-corrected chi connectivity index (χ3v) is 1.90. The molecule has 0 aromatic carbocycles. The smallest absolute Gasteiger partial charge is 0.207 e. The van der Waals surface area contributed by atoms with Crippen LogP contribution in [0.15, 0.2) is 0 Å². The van der Waals surface area contributed by atoms with Gasteiger partial charge >= 0.3 is 0 Å². The lowest BCUT2D eigenvalue weighted by molar-refractivity contribution is -0.123. The number of hydrogen-bond acceptors (Lipinski definition) is 2. The molecule has 1 amide bonds. The lowest BCUT2D eigenvalue weighted by atomic mass is 9.96. The second-order valence-electron chi connectivity index (χ2n) is 2.76. The van der Waals surface area contributed by atoms with Crippen LogP contribution in [-0.4, -0.2) is 18.2 Å². The number of hydrogen-bond donors (Lipinski definition) is 1. The van der Waals surface area contributed by atoms with Crippen molar-refractivity contribution in [1.82, 2.24) is 5.32 Å². The Morgan fingerprint density at radius 2 is 2.18 bits per heavy atom. The normalized spacial score (nSPS) is 15.2. The van der Waals surface area contributed by atoms with Crippen LogP contribution in [0.25, 0.3) is 0 Å². The third kappa shape index (κ3) is 3.16. The van der Waals surface area contributed by atoms with E-state index in [1.54, 1.807) is 0 Å². The number of rotatable bonds is 5. The van der Waals surface area contributed by atoms with Gasteiger partial charge in [0.15, 0.2) is 5.78 Å². The zero-order valence-corrected chi connectivity index (χ0v) is 7.26. The molecule has 0 aliphatic rings. The fraction of sp³-hybridized carbons (Fsp3) is 0.750. The summed E-state index contributed by atoms with van der Waals surface area (Å²) in [4.78, 5) is 21.0.